The molecule has 1 heterocycles. The average molecular weight is 349 g/mol. The molecular weight excluding hydrogens is 335 g/mol. The molecule has 20 heavy (non-hydrogen) atoms. The molecule has 0 aliphatic carbocycles. The van der Waals surface area contributed by atoms with Gasteiger partial charge in [0.15, 0.2) is 0 Å². The summed E-state index contributed by atoms with van der Waals surface area (Å²) >= 11 is 18.5. The van der Waals surface area contributed by atoms with E-state index in [1.54, 1.807) is 18.2 Å². The second kappa shape index (κ2) is 7.50. The summed E-state index contributed by atoms with van der Waals surface area (Å²) < 4.78 is 0.787. The summed E-state index contributed by atoms with van der Waals surface area (Å²) in [6, 6.07) is 4.96. The number of thioether (sulfide) groups is 1. The molecule has 0 saturated carbocycles. The summed E-state index contributed by atoms with van der Waals surface area (Å²) in [6.07, 6.45) is 2.34. The van der Waals surface area contributed by atoms with Gasteiger partial charge in [0, 0.05) is 18.1 Å². The van der Waals surface area contributed by atoms with E-state index in [-0.39, 0.29) is 11.7 Å². The zero-order valence-electron chi connectivity index (χ0n) is 10.7. The van der Waals surface area contributed by atoms with E-state index < -0.39 is 0 Å². The lowest BCUT2D eigenvalue weighted by atomic mass is 10.3. The number of amides is 1. The van der Waals surface area contributed by atoms with Gasteiger partial charge in [-0.05, 0) is 31.0 Å². The molecule has 1 aromatic rings. The van der Waals surface area contributed by atoms with E-state index in [0.29, 0.717) is 15.7 Å². The molecular formula is C13H14Cl2N2OS2. The third-order valence-corrected chi connectivity index (χ3v) is 4.98. The third-order valence-electron chi connectivity index (χ3n) is 2.89. The number of hydrogen-bond acceptors (Lipinski definition) is 3. The van der Waals surface area contributed by atoms with Gasteiger partial charge in [0.1, 0.15) is 4.32 Å². The van der Waals surface area contributed by atoms with Crippen molar-refractivity contribution in [3.63, 3.8) is 0 Å². The molecule has 1 saturated heterocycles. The topological polar surface area (TPSA) is 32.3 Å². The number of halogens is 2. The first-order valence-corrected chi connectivity index (χ1v) is 8.38. The van der Waals surface area contributed by atoms with Crippen LogP contribution in [0.2, 0.25) is 10.0 Å². The van der Waals surface area contributed by atoms with Gasteiger partial charge in [-0.2, -0.15) is 0 Å². The molecule has 1 aliphatic heterocycles. The van der Waals surface area contributed by atoms with Crippen LogP contribution in [0.15, 0.2) is 18.2 Å². The Hall–Kier alpha value is -0.490. The van der Waals surface area contributed by atoms with Crippen molar-refractivity contribution in [1.29, 1.82) is 0 Å². The fraction of sp³-hybridized carbons (Fsp3) is 0.385. The zero-order chi connectivity index (χ0) is 14.5. The van der Waals surface area contributed by atoms with E-state index in [0.717, 1.165) is 17.4 Å². The Kier molecular flexibility index (Phi) is 5.96. The number of benzene rings is 1. The van der Waals surface area contributed by atoms with Crippen molar-refractivity contribution in [2.45, 2.75) is 12.8 Å². The van der Waals surface area contributed by atoms with Gasteiger partial charge in [0.2, 0.25) is 5.91 Å². The molecule has 0 unspecified atom stereocenters. The van der Waals surface area contributed by atoms with Gasteiger partial charge in [-0.25, -0.2) is 0 Å². The lowest BCUT2D eigenvalue weighted by molar-refractivity contribution is -0.113. The zero-order valence-corrected chi connectivity index (χ0v) is 13.8. The fourth-order valence-electron chi connectivity index (χ4n) is 1.90. The van der Waals surface area contributed by atoms with Crippen LogP contribution in [0.3, 0.4) is 0 Å². The number of rotatable bonds is 3. The summed E-state index contributed by atoms with van der Waals surface area (Å²) in [6.45, 7) is 1.99. The maximum absolute atomic E-state index is 11.9. The Morgan fingerprint density at radius 1 is 1.35 bits per heavy atom. The fourth-order valence-corrected chi connectivity index (χ4v) is 3.29. The second-order valence-electron chi connectivity index (χ2n) is 4.42. The van der Waals surface area contributed by atoms with Crippen LogP contribution in [0.5, 0.6) is 0 Å². The van der Waals surface area contributed by atoms with Gasteiger partial charge >= 0.3 is 0 Å². The average Bonchev–Trinajstić information content (AvgIpc) is 2.94. The summed E-state index contributed by atoms with van der Waals surface area (Å²) in [5.41, 5.74) is 0.525. The molecule has 0 aromatic heterocycles. The Bertz CT molecular complexity index is 519. The molecule has 1 N–H and O–H groups in total. The van der Waals surface area contributed by atoms with Gasteiger partial charge in [-0.3, -0.25) is 4.79 Å². The Labute approximate surface area is 138 Å². The van der Waals surface area contributed by atoms with Crippen molar-refractivity contribution in [3.8, 4) is 0 Å². The molecule has 1 aliphatic rings. The van der Waals surface area contributed by atoms with Gasteiger partial charge in [-0.1, -0.05) is 47.2 Å². The van der Waals surface area contributed by atoms with Gasteiger partial charge < -0.3 is 10.2 Å². The Balaban J connectivity index is 1.83. The molecule has 1 fully saturated rings. The first-order chi connectivity index (χ1) is 9.56. The minimum absolute atomic E-state index is 0.138. The molecule has 0 radical (unpaired) electrons. The first-order valence-electron chi connectivity index (χ1n) is 6.23. The smallest absolute Gasteiger partial charge is 0.234 e. The van der Waals surface area contributed by atoms with Crippen LogP contribution in [0.1, 0.15) is 12.8 Å². The summed E-state index contributed by atoms with van der Waals surface area (Å²) in [7, 11) is 0. The van der Waals surface area contributed by atoms with Crippen molar-refractivity contribution in [2.24, 2.45) is 0 Å². The number of thiocarbonyl (C=S) groups is 1. The highest BCUT2D eigenvalue weighted by Crippen LogP contribution is 2.25. The summed E-state index contributed by atoms with van der Waals surface area (Å²) in [5, 5.41) is 3.74. The predicted molar refractivity (Wildman–Crippen MR) is 91.0 cm³/mol. The first kappa shape index (κ1) is 15.9. The van der Waals surface area contributed by atoms with Crippen LogP contribution in [-0.2, 0) is 4.79 Å². The van der Waals surface area contributed by atoms with Crippen LogP contribution < -0.4 is 5.32 Å². The molecule has 108 valence electrons. The number of anilines is 1. The number of nitrogens with zero attached hydrogens (tertiary/aromatic N) is 1. The van der Waals surface area contributed by atoms with Crippen LogP contribution in [0, 0.1) is 0 Å². The summed E-state index contributed by atoms with van der Waals surface area (Å²) in [4.78, 5) is 14.0. The van der Waals surface area contributed by atoms with E-state index >= 15 is 0 Å². The summed E-state index contributed by atoms with van der Waals surface area (Å²) in [5.74, 6) is 0.138. The molecule has 1 aromatic carbocycles. The lowest BCUT2D eigenvalue weighted by Gasteiger charge is -2.17. The number of carbonyl (C=O) groups is 1. The van der Waals surface area contributed by atoms with E-state index in [2.05, 4.69) is 10.2 Å². The van der Waals surface area contributed by atoms with Crippen molar-refractivity contribution in [2.75, 3.05) is 24.2 Å². The molecule has 3 nitrogen and oxygen atoms in total. The third kappa shape index (κ3) is 4.52. The molecule has 7 heteroatoms. The largest absolute Gasteiger partial charge is 0.358 e. The van der Waals surface area contributed by atoms with E-state index in [1.165, 1.54) is 24.6 Å². The maximum Gasteiger partial charge on any atom is 0.234 e. The minimum atomic E-state index is -0.138. The highest BCUT2D eigenvalue weighted by atomic mass is 35.5. The van der Waals surface area contributed by atoms with Gasteiger partial charge in [-0.15, -0.1) is 0 Å². The number of likely N-dealkylation sites (tertiary alicyclic amines) is 1. The van der Waals surface area contributed by atoms with Crippen LogP contribution >= 0.6 is 47.2 Å². The minimum Gasteiger partial charge on any atom is -0.358 e. The normalized spacial score (nSPS) is 14.4. The van der Waals surface area contributed by atoms with Gasteiger partial charge in [0.25, 0.3) is 0 Å². The van der Waals surface area contributed by atoms with Crippen molar-refractivity contribution >= 4 is 63.1 Å². The van der Waals surface area contributed by atoms with E-state index in [1.807, 2.05) is 0 Å². The molecule has 0 atom stereocenters. The number of carbonyl (C=O) groups excluding carboxylic acids is 1. The van der Waals surface area contributed by atoms with Crippen molar-refractivity contribution in [3.05, 3.63) is 28.2 Å². The molecule has 2 rings (SSSR count). The number of nitrogens with one attached hydrogen (secondary N) is 1. The standard InChI is InChI=1S/C13H14Cl2N2OS2/c14-9-3-4-10(15)11(7-9)16-12(18)8-20-13(19)17-5-1-2-6-17/h3-4,7H,1-2,5-6,8H2,(H,16,18). The van der Waals surface area contributed by atoms with Gasteiger partial charge in [0.05, 0.1) is 16.5 Å². The predicted octanol–water partition coefficient (Wildman–Crippen LogP) is 4.05. The molecule has 1 amide bonds. The Morgan fingerprint density at radius 3 is 2.75 bits per heavy atom. The lowest BCUT2D eigenvalue weighted by Crippen LogP contribution is -2.25. The second-order valence-corrected chi connectivity index (χ2v) is 6.87. The quantitative estimate of drug-likeness (QED) is 0.835. The monoisotopic (exact) mass is 348 g/mol. The van der Waals surface area contributed by atoms with Crippen molar-refractivity contribution < 1.29 is 4.79 Å². The van der Waals surface area contributed by atoms with Crippen LogP contribution in [0.4, 0.5) is 5.69 Å². The van der Waals surface area contributed by atoms with E-state index in [9.17, 15) is 4.79 Å². The SMILES string of the molecule is O=C(CSC(=S)N1CCCC1)Nc1cc(Cl)ccc1Cl. The van der Waals surface area contributed by atoms with Crippen molar-refractivity contribution in [1.82, 2.24) is 4.90 Å². The van der Waals surface area contributed by atoms with E-state index in [4.69, 9.17) is 35.4 Å². The molecule has 0 bridgehead atoms. The van der Waals surface area contributed by atoms with Crippen LogP contribution in [-0.4, -0.2) is 34.0 Å². The maximum atomic E-state index is 11.9. The Morgan fingerprint density at radius 2 is 2.05 bits per heavy atom. The number of hydrogen-bond donors (Lipinski definition) is 1. The highest BCUT2D eigenvalue weighted by Gasteiger charge is 2.16. The highest BCUT2D eigenvalue weighted by molar-refractivity contribution is 8.23. The molecule has 0 spiro atoms. The van der Waals surface area contributed by atoms with Crippen LogP contribution in [0.25, 0.3) is 0 Å².